The number of hydrogen-bond acceptors (Lipinski definition) is 3. The molecule has 0 spiro atoms. The fraction of sp³-hybridized carbons (Fsp3) is 0.556. The number of nitrogens with one attached hydrogen (secondary N) is 2. The molecule has 1 unspecified atom stereocenters. The summed E-state index contributed by atoms with van der Waals surface area (Å²) in [4.78, 5) is 11.5. The molecule has 2 N–H and O–H groups in total. The Bertz CT molecular complexity index is 334. The third-order valence-corrected chi connectivity index (χ3v) is 2.51. The topological polar surface area (TPSA) is 59.0 Å². The molecule has 0 aromatic carbocycles. The first-order chi connectivity index (χ1) is 6.66. The molecule has 1 amide bonds. The van der Waals surface area contributed by atoms with Crippen LogP contribution in [0.15, 0.2) is 6.07 Å². The summed E-state index contributed by atoms with van der Waals surface area (Å²) in [6, 6.07) is 1.83. The van der Waals surface area contributed by atoms with Crippen LogP contribution in [0.3, 0.4) is 0 Å². The molecule has 1 atom stereocenters. The van der Waals surface area contributed by atoms with Gasteiger partial charge in [-0.25, -0.2) is 0 Å². The van der Waals surface area contributed by atoms with Crippen LogP contribution in [0, 0.1) is 6.92 Å². The number of anilines is 1. The van der Waals surface area contributed by atoms with Crippen molar-refractivity contribution in [3.05, 3.63) is 11.8 Å². The molecule has 1 saturated heterocycles. The van der Waals surface area contributed by atoms with Crippen LogP contribution in [0.1, 0.15) is 12.1 Å². The first-order valence-electron chi connectivity index (χ1n) is 4.72. The lowest BCUT2D eigenvalue weighted by Crippen LogP contribution is -2.50. The lowest BCUT2D eigenvalue weighted by Gasteiger charge is -2.25. The van der Waals surface area contributed by atoms with Gasteiger partial charge in [-0.05, 0) is 19.9 Å². The highest BCUT2D eigenvalue weighted by molar-refractivity contribution is 5.94. The van der Waals surface area contributed by atoms with Crippen molar-refractivity contribution in [2.45, 2.75) is 19.4 Å². The minimum absolute atomic E-state index is 0.00866. The van der Waals surface area contributed by atoms with Crippen molar-refractivity contribution in [1.82, 2.24) is 15.1 Å². The second-order valence-electron chi connectivity index (χ2n) is 3.58. The normalized spacial score (nSPS) is 20.3. The van der Waals surface area contributed by atoms with E-state index in [1.54, 1.807) is 4.68 Å². The van der Waals surface area contributed by atoms with Crippen molar-refractivity contribution >= 4 is 11.7 Å². The summed E-state index contributed by atoms with van der Waals surface area (Å²) in [5, 5.41) is 9.96. The van der Waals surface area contributed by atoms with Crippen molar-refractivity contribution in [2.75, 3.05) is 11.9 Å². The molecule has 1 aromatic heterocycles. The molecule has 0 bridgehead atoms. The number of aryl methyl sites for hydroxylation is 2. The molecule has 1 aliphatic heterocycles. The summed E-state index contributed by atoms with van der Waals surface area (Å²) in [6.07, 6.45) is 0.914. The molecule has 2 heterocycles. The zero-order valence-electron chi connectivity index (χ0n) is 8.37. The molecule has 1 aliphatic rings. The summed E-state index contributed by atoms with van der Waals surface area (Å²) in [7, 11) is 1.85. The molecule has 1 fully saturated rings. The van der Waals surface area contributed by atoms with Crippen molar-refractivity contribution in [3.63, 3.8) is 0 Å². The van der Waals surface area contributed by atoms with Gasteiger partial charge < -0.3 is 10.6 Å². The monoisotopic (exact) mass is 194 g/mol. The minimum Gasteiger partial charge on any atom is -0.308 e. The van der Waals surface area contributed by atoms with Crippen molar-refractivity contribution in [1.29, 1.82) is 0 Å². The Morgan fingerprint density at radius 1 is 1.79 bits per heavy atom. The SMILES string of the molecule is Cc1cc(NC(=O)C2CCN2)nn1C. The van der Waals surface area contributed by atoms with Gasteiger partial charge in [0, 0.05) is 18.8 Å². The number of nitrogens with zero attached hydrogens (tertiary/aromatic N) is 2. The molecule has 0 saturated carbocycles. The standard InChI is InChI=1S/C9H14N4O/c1-6-5-8(12-13(6)2)11-9(14)7-3-4-10-7/h5,7,10H,3-4H2,1-2H3,(H,11,12,14). The summed E-state index contributed by atoms with van der Waals surface area (Å²) in [5.74, 6) is 0.637. The maximum Gasteiger partial charge on any atom is 0.242 e. The quantitative estimate of drug-likeness (QED) is 0.698. The first kappa shape index (κ1) is 9.21. The van der Waals surface area contributed by atoms with E-state index in [2.05, 4.69) is 15.7 Å². The lowest BCUT2D eigenvalue weighted by atomic mass is 10.1. The molecule has 1 aromatic rings. The van der Waals surface area contributed by atoms with Crippen LogP contribution in [-0.4, -0.2) is 28.3 Å². The van der Waals surface area contributed by atoms with Crippen LogP contribution < -0.4 is 10.6 Å². The van der Waals surface area contributed by atoms with Crippen LogP contribution in [-0.2, 0) is 11.8 Å². The molecule has 2 rings (SSSR count). The number of aromatic nitrogens is 2. The number of hydrogen-bond donors (Lipinski definition) is 2. The van der Waals surface area contributed by atoms with Gasteiger partial charge in [0.15, 0.2) is 5.82 Å². The van der Waals surface area contributed by atoms with E-state index in [0.717, 1.165) is 18.7 Å². The van der Waals surface area contributed by atoms with Gasteiger partial charge in [0.05, 0.1) is 6.04 Å². The zero-order chi connectivity index (χ0) is 10.1. The van der Waals surface area contributed by atoms with E-state index >= 15 is 0 Å². The molecule has 0 aliphatic carbocycles. The van der Waals surface area contributed by atoms with Crippen LogP contribution in [0.2, 0.25) is 0 Å². The van der Waals surface area contributed by atoms with E-state index < -0.39 is 0 Å². The zero-order valence-corrected chi connectivity index (χ0v) is 8.37. The molecule has 5 nitrogen and oxygen atoms in total. The largest absolute Gasteiger partial charge is 0.308 e. The molecule has 14 heavy (non-hydrogen) atoms. The minimum atomic E-state index is -0.0303. The van der Waals surface area contributed by atoms with Crippen LogP contribution in [0.25, 0.3) is 0 Å². The fourth-order valence-corrected chi connectivity index (χ4v) is 1.35. The van der Waals surface area contributed by atoms with Crippen molar-refractivity contribution in [3.8, 4) is 0 Å². The first-order valence-corrected chi connectivity index (χ1v) is 4.72. The van der Waals surface area contributed by atoms with E-state index in [1.807, 2.05) is 20.0 Å². The maximum absolute atomic E-state index is 11.5. The molecular weight excluding hydrogens is 180 g/mol. The number of carbonyl (C=O) groups excluding carboxylic acids is 1. The maximum atomic E-state index is 11.5. The highest BCUT2D eigenvalue weighted by Crippen LogP contribution is 2.09. The van der Waals surface area contributed by atoms with E-state index in [1.165, 1.54) is 0 Å². The lowest BCUT2D eigenvalue weighted by molar-refractivity contribution is -0.119. The average Bonchev–Trinajstić information content (AvgIpc) is 2.26. The van der Waals surface area contributed by atoms with Gasteiger partial charge in [-0.2, -0.15) is 5.10 Å². The Morgan fingerprint density at radius 3 is 2.93 bits per heavy atom. The van der Waals surface area contributed by atoms with E-state index in [-0.39, 0.29) is 11.9 Å². The van der Waals surface area contributed by atoms with Crippen molar-refractivity contribution < 1.29 is 4.79 Å². The fourth-order valence-electron chi connectivity index (χ4n) is 1.35. The molecule has 0 radical (unpaired) electrons. The smallest absolute Gasteiger partial charge is 0.242 e. The van der Waals surface area contributed by atoms with Gasteiger partial charge in [-0.15, -0.1) is 0 Å². The Labute approximate surface area is 82.5 Å². The third-order valence-electron chi connectivity index (χ3n) is 2.51. The van der Waals surface area contributed by atoms with Gasteiger partial charge in [-0.1, -0.05) is 0 Å². The highest BCUT2D eigenvalue weighted by Gasteiger charge is 2.24. The number of rotatable bonds is 2. The Kier molecular flexibility index (Phi) is 2.25. The van der Waals surface area contributed by atoms with E-state index in [0.29, 0.717) is 5.82 Å². The Balaban J connectivity index is 1.99. The molecular formula is C9H14N4O. The molecule has 76 valence electrons. The van der Waals surface area contributed by atoms with E-state index in [9.17, 15) is 4.79 Å². The van der Waals surface area contributed by atoms with Gasteiger partial charge in [0.2, 0.25) is 5.91 Å². The van der Waals surface area contributed by atoms with Gasteiger partial charge in [0.1, 0.15) is 0 Å². The summed E-state index contributed by atoms with van der Waals surface area (Å²) in [6.45, 7) is 2.88. The summed E-state index contributed by atoms with van der Waals surface area (Å²) in [5.41, 5.74) is 1.03. The number of carbonyl (C=O) groups is 1. The average molecular weight is 194 g/mol. The Morgan fingerprint density at radius 2 is 2.50 bits per heavy atom. The molecule has 5 heteroatoms. The number of amides is 1. The predicted octanol–water partition coefficient (Wildman–Crippen LogP) is 0.0289. The van der Waals surface area contributed by atoms with Gasteiger partial charge >= 0.3 is 0 Å². The highest BCUT2D eigenvalue weighted by atomic mass is 16.2. The summed E-state index contributed by atoms with van der Waals surface area (Å²) >= 11 is 0. The predicted molar refractivity (Wildman–Crippen MR) is 53.0 cm³/mol. The van der Waals surface area contributed by atoms with E-state index in [4.69, 9.17) is 0 Å². The van der Waals surface area contributed by atoms with Crippen molar-refractivity contribution in [2.24, 2.45) is 7.05 Å². The Hall–Kier alpha value is -1.36. The summed E-state index contributed by atoms with van der Waals surface area (Å²) < 4.78 is 1.74. The van der Waals surface area contributed by atoms with Gasteiger partial charge in [0.25, 0.3) is 0 Å². The second kappa shape index (κ2) is 3.42. The second-order valence-corrected chi connectivity index (χ2v) is 3.58. The van der Waals surface area contributed by atoms with Crippen LogP contribution >= 0.6 is 0 Å². The van der Waals surface area contributed by atoms with Gasteiger partial charge in [-0.3, -0.25) is 9.48 Å². The van der Waals surface area contributed by atoms with Crippen LogP contribution in [0.4, 0.5) is 5.82 Å². The third kappa shape index (κ3) is 1.63. The van der Waals surface area contributed by atoms with Crippen LogP contribution in [0.5, 0.6) is 0 Å².